The van der Waals surface area contributed by atoms with E-state index in [0.717, 1.165) is 16.5 Å². The van der Waals surface area contributed by atoms with Gasteiger partial charge in [0.15, 0.2) is 0 Å². The molecule has 2 aromatic carbocycles. The Kier molecular flexibility index (Phi) is 4.19. The van der Waals surface area contributed by atoms with Crippen LogP contribution in [0, 0.1) is 0 Å². The van der Waals surface area contributed by atoms with Gasteiger partial charge >= 0.3 is 6.03 Å². The number of urea groups is 1. The van der Waals surface area contributed by atoms with Crippen LogP contribution in [0.1, 0.15) is 20.3 Å². The maximum absolute atomic E-state index is 12.1. The van der Waals surface area contributed by atoms with Crippen molar-refractivity contribution in [1.29, 1.82) is 0 Å². The van der Waals surface area contributed by atoms with Crippen LogP contribution in [0.2, 0.25) is 0 Å². The predicted molar refractivity (Wildman–Crippen MR) is 91.4 cm³/mol. The van der Waals surface area contributed by atoms with Crippen molar-refractivity contribution in [3.63, 3.8) is 0 Å². The summed E-state index contributed by atoms with van der Waals surface area (Å²) in [5.41, 5.74) is 0.742. The fourth-order valence-electron chi connectivity index (χ4n) is 2.95. The molecule has 1 aliphatic rings. The molecule has 120 valence electrons. The standard InChI is InChI=1S/C18H21N3O2/c1-12(2)21-11-16(10-17(21)22)20-18(23)19-15-8-7-13-5-3-4-6-14(13)9-15/h3-9,12,16H,10-11H2,1-2H3,(H2,19,20,23). The van der Waals surface area contributed by atoms with Crippen LogP contribution >= 0.6 is 0 Å². The molecule has 1 fully saturated rings. The van der Waals surface area contributed by atoms with Crippen LogP contribution in [0.3, 0.4) is 0 Å². The molecule has 1 atom stereocenters. The van der Waals surface area contributed by atoms with E-state index >= 15 is 0 Å². The quantitative estimate of drug-likeness (QED) is 0.915. The van der Waals surface area contributed by atoms with Gasteiger partial charge in [0.1, 0.15) is 0 Å². The first kappa shape index (κ1) is 15.3. The lowest BCUT2D eigenvalue weighted by molar-refractivity contribution is -0.129. The lowest BCUT2D eigenvalue weighted by Crippen LogP contribution is -2.40. The third kappa shape index (κ3) is 3.44. The van der Waals surface area contributed by atoms with Gasteiger partial charge in [0.2, 0.25) is 5.91 Å². The maximum atomic E-state index is 12.1. The first-order valence-electron chi connectivity index (χ1n) is 7.89. The molecule has 0 aromatic heterocycles. The second-order valence-electron chi connectivity index (χ2n) is 6.20. The number of amides is 3. The molecule has 2 aromatic rings. The average Bonchev–Trinajstić information content (AvgIpc) is 2.87. The first-order valence-corrected chi connectivity index (χ1v) is 7.89. The highest BCUT2D eigenvalue weighted by Gasteiger charge is 2.31. The smallest absolute Gasteiger partial charge is 0.319 e. The summed E-state index contributed by atoms with van der Waals surface area (Å²) in [6, 6.07) is 13.5. The van der Waals surface area contributed by atoms with Gasteiger partial charge < -0.3 is 15.5 Å². The molecular weight excluding hydrogens is 290 g/mol. The number of carbonyl (C=O) groups excluding carboxylic acids is 2. The minimum Gasteiger partial charge on any atom is -0.338 e. The van der Waals surface area contributed by atoms with E-state index in [-0.39, 0.29) is 24.0 Å². The second kappa shape index (κ2) is 6.28. The Labute approximate surface area is 135 Å². The van der Waals surface area contributed by atoms with Crippen molar-refractivity contribution in [1.82, 2.24) is 10.2 Å². The monoisotopic (exact) mass is 311 g/mol. The minimum atomic E-state index is -0.274. The van der Waals surface area contributed by atoms with Gasteiger partial charge in [0.25, 0.3) is 0 Å². The lowest BCUT2D eigenvalue weighted by Gasteiger charge is -2.21. The zero-order valence-corrected chi connectivity index (χ0v) is 13.4. The number of benzene rings is 2. The Hall–Kier alpha value is -2.56. The summed E-state index contributed by atoms with van der Waals surface area (Å²) in [6.45, 7) is 4.53. The highest BCUT2D eigenvalue weighted by molar-refractivity contribution is 5.94. The van der Waals surface area contributed by atoms with Gasteiger partial charge in [-0.15, -0.1) is 0 Å². The number of anilines is 1. The summed E-state index contributed by atoms with van der Waals surface area (Å²) in [5, 5.41) is 7.93. The van der Waals surface area contributed by atoms with Gasteiger partial charge in [-0.3, -0.25) is 4.79 Å². The summed E-state index contributed by atoms with van der Waals surface area (Å²) >= 11 is 0. The molecule has 0 aliphatic carbocycles. The van der Waals surface area contributed by atoms with Gasteiger partial charge in [-0.05, 0) is 36.8 Å². The van der Waals surface area contributed by atoms with Crippen molar-refractivity contribution in [2.45, 2.75) is 32.4 Å². The molecule has 0 saturated carbocycles. The summed E-state index contributed by atoms with van der Waals surface area (Å²) in [4.78, 5) is 25.8. The number of nitrogens with zero attached hydrogens (tertiary/aromatic N) is 1. The number of likely N-dealkylation sites (tertiary alicyclic amines) is 1. The van der Waals surface area contributed by atoms with E-state index in [1.165, 1.54) is 0 Å². The zero-order chi connectivity index (χ0) is 16.4. The molecule has 3 rings (SSSR count). The number of fused-ring (bicyclic) bond motifs is 1. The van der Waals surface area contributed by atoms with Crippen molar-refractivity contribution in [3.05, 3.63) is 42.5 Å². The SMILES string of the molecule is CC(C)N1CC(NC(=O)Nc2ccc3ccccc3c2)CC1=O. The van der Waals surface area contributed by atoms with Crippen molar-refractivity contribution in [3.8, 4) is 0 Å². The summed E-state index contributed by atoms with van der Waals surface area (Å²) < 4.78 is 0. The molecule has 23 heavy (non-hydrogen) atoms. The van der Waals surface area contributed by atoms with Crippen LogP contribution in [0.15, 0.2) is 42.5 Å². The van der Waals surface area contributed by atoms with Crippen LogP contribution in [-0.2, 0) is 4.79 Å². The molecule has 3 amide bonds. The average molecular weight is 311 g/mol. The van der Waals surface area contributed by atoms with E-state index in [2.05, 4.69) is 10.6 Å². The fourth-order valence-corrected chi connectivity index (χ4v) is 2.95. The summed E-state index contributed by atoms with van der Waals surface area (Å²) in [6.07, 6.45) is 0.364. The predicted octanol–water partition coefficient (Wildman–Crippen LogP) is 2.97. The minimum absolute atomic E-state index is 0.0935. The summed E-state index contributed by atoms with van der Waals surface area (Å²) in [5.74, 6) is 0.0935. The largest absolute Gasteiger partial charge is 0.338 e. The van der Waals surface area contributed by atoms with E-state index < -0.39 is 0 Å². The topological polar surface area (TPSA) is 61.4 Å². The highest BCUT2D eigenvalue weighted by Crippen LogP contribution is 2.19. The zero-order valence-electron chi connectivity index (χ0n) is 13.4. The molecule has 0 spiro atoms. The molecule has 5 heteroatoms. The van der Waals surface area contributed by atoms with E-state index in [1.807, 2.05) is 56.3 Å². The molecule has 1 aliphatic heterocycles. The Morgan fingerprint density at radius 3 is 2.61 bits per heavy atom. The van der Waals surface area contributed by atoms with E-state index in [9.17, 15) is 9.59 Å². The van der Waals surface area contributed by atoms with Crippen LogP contribution in [-0.4, -0.2) is 35.5 Å². The molecule has 5 nitrogen and oxygen atoms in total. The van der Waals surface area contributed by atoms with Crippen LogP contribution in [0.5, 0.6) is 0 Å². The fraction of sp³-hybridized carbons (Fsp3) is 0.333. The number of hydrogen-bond acceptors (Lipinski definition) is 2. The molecular formula is C18H21N3O2. The number of rotatable bonds is 3. The Balaban J connectivity index is 1.62. The van der Waals surface area contributed by atoms with Gasteiger partial charge in [-0.2, -0.15) is 0 Å². The van der Waals surface area contributed by atoms with Gasteiger partial charge in [0.05, 0.1) is 6.04 Å². The van der Waals surface area contributed by atoms with Gasteiger partial charge in [0, 0.05) is 24.7 Å². The molecule has 1 saturated heterocycles. The number of nitrogens with one attached hydrogen (secondary N) is 2. The lowest BCUT2D eigenvalue weighted by atomic mass is 10.1. The molecule has 0 bridgehead atoms. The van der Waals surface area contributed by atoms with Gasteiger partial charge in [-0.25, -0.2) is 4.79 Å². The van der Waals surface area contributed by atoms with Crippen LogP contribution in [0.4, 0.5) is 10.5 Å². The molecule has 1 heterocycles. The molecule has 0 radical (unpaired) electrons. The number of carbonyl (C=O) groups is 2. The molecule has 1 unspecified atom stereocenters. The summed E-state index contributed by atoms with van der Waals surface area (Å²) in [7, 11) is 0. The normalized spacial score (nSPS) is 17.8. The van der Waals surface area contributed by atoms with Crippen LogP contribution in [0.25, 0.3) is 10.8 Å². The van der Waals surface area contributed by atoms with Crippen molar-refractivity contribution >= 4 is 28.4 Å². The van der Waals surface area contributed by atoms with E-state index in [1.54, 1.807) is 4.90 Å². The van der Waals surface area contributed by atoms with Crippen LogP contribution < -0.4 is 10.6 Å². The Morgan fingerprint density at radius 1 is 1.17 bits per heavy atom. The Bertz CT molecular complexity index is 742. The van der Waals surface area contributed by atoms with E-state index in [4.69, 9.17) is 0 Å². The number of hydrogen-bond donors (Lipinski definition) is 2. The third-order valence-electron chi connectivity index (χ3n) is 4.12. The highest BCUT2D eigenvalue weighted by atomic mass is 16.2. The van der Waals surface area contributed by atoms with E-state index in [0.29, 0.717) is 13.0 Å². The Morgan fingerprint density at radius 2 is 1.91 bits per heavy atom. The van der Waals surface area contributed by atoms with Gasteiger partial charge in [-0.1, -0.05) is 30.3 Å². The van der Waals surface area contributed by atoms with Crippen molar-refractivity contribution in [2.75, 3.05) is 11.9 Å². The molecule has 2 N–H and O–H groups in total. The van der Waals surface area contributed by atoms with Crippen molar-refractivity contribution in [2.24, 2.45) is 0 Å². The maximum Gasteiger partial charge on any atom is 0.319 e. The third-order valence-corrected chi connectivity index (χ3v) is 4.12. The van der Waals surface area contributed by atoms with Crippen molar-refractivity contribution < 1.29 is 9.59 Å². The second-order valence-corrected chi connectivity index (χ2v) is 6.20. The first-order chi connectivity index (χ1) is 11.0.